The maximum atomic E-state index is 10.4. The fraction of sp³-hybridized carbons (Fsp3) is 0.600. The molecular formula is C10H14O4. The van der Waals surface area contributed by atoms with Crippen molar-refractivity contribution in [3.05, 3.63) is 0 Å². The molecule has 1 saturated carbocycles. The fourth-order valence-corrected chi connectivity index (χ4v) is 0.850. The Kier molecular flexibility index (Phi) is 5.60. The maximum Gasteiger partial charge on any atom is 0.198 e. The zero-order valence-corrected chi connectivity index (χ0v) is 8.46. The van der Waals surface area contributed by atoms with E-state index in [1.807, 2.05) is 0 Å². The molecule has 0 saturated heterocycles. The molecule has 1 aliphatic carbocycles. The predicted molar refractivity (Wildman–Crippen MR) is 49.8 cm³/mol. The lowest BCUT2D eigenvalue weighted by atomic mass is 9.98. The van der Waals surface area contributed by atoms with Crippen molar-refractivity contribution in [2.24, 2.45) is 0 Å². The third-order valence-electron chi connectivity index (χ3n) is 1.86. The average Bonchev–Trinajstić information content (AvgIpc) is 2.11. The van der Waals surface area contributed by atoms with Gasteiger partial charge in [0, 0.05) is 26.7 Å². The van der Waals surface area contributed by atoms with Gasteiger partial charge in [-0.25, -0.2) is 0 Å². The lowest BCUT2D eigenvalue weighted by Gasteiger charge is -2.04. The van der Waals surface area contributed by atoms with E-state index in [4.69, 9.17) is 0 Å². The Hall–Kier alpha value is -1.32. The first-order chi connectivity index (χ1) is 6.45. The van der Waals surface area contributed by atoms with Gasteiger partial charge in [0.05, 0.1) is 0 Å². The molecule has 1 rings (SSSR count). The van der Waals surface area contributed by atoms with Crippen LogP contribution in [0.15, 0.2) is 0 Å². The number of ketones is 4. The van der Waals surface area contributed by atoms with Crippen molar-refractivity contribution < 1.29 is 19.2 Å². The molecule has 0 aromatic heterocycles. The molecule has 0 aromatic carbocycles. The summed E-state index contributed by atoms with van der Waals surface area (Å²) in [4.78, 5) is 40.5. The largest absolute Gasteiger partial charge is 0.291 e. The first-order valence-corrected chi connectivity index (χ1v) is 4.52. The first-order valence-electron chi connectivity index (χ1n) is 4.52. The second kappa shape index (κ2) is 6.18. The number of carbonyl (C=O) groups excluding carboxylic acids is 4. The highest BCUT2D eigenvalue weighted by atomic mass is 16.2. The quantitative estimate of drug-likeness (QED) is 0.586. The molecule has 1 aliphatic rings. The van der Waals surface area contributed by atoms with Gasteiger partial charge in [0.2, 0.25) is 0 Å². The van der Waals surface area contributed by atoms with Crippen LogP contribution in [0.3, 0.4) is 0 Å². The molecule has 14 heavy (non-hydrogen) atoms. The van der Waals surface area contributed by atoms with Gasteiger partial charge in [-0.2, -0.15) is 0 Å². The van der Waals surface area contributed by atoms with Crippen LogP contribution < -0.4 is 0 Å². The topological polar surface area (TPSA) is 68.3 Å². The zero-order valence-electron chi connectivity index (χ0n) is 8.46. The second-order valence-corrected chi connectivity index (χ2v) is 3.17. The summed E-state index contributed by atoms with van der Waals surface area (Å²) >= 11 is 0. The fourth-order valence-electron chi connectivity index (χ4n) is 0.850. The molecular weight excluding hydrogens is 184 g/mol. The number of Topliss-reactive ketones (excluding diaryl/α,β-unsaturated/α-hetero) is 4. The predicted octanol–water partition coefficient (Wildman–Crippen LogP) is 0.863. The van der Waals surface area contributed by atoms with Gasteiger partial charge in [-0.15, -0.1) is 0 Å². The van der Waals surface area contributed by atoms with E-state index in [-0.39, 0.29) is 23.1 Å². The summed E-state index contributed by atoms with van der Waals surface area (Å²) in [6.45, 7) is 2.50. The van der Waals surface area contributed by atoms with Crippen LogP contribution in [0.5, 0.6) is 0 Å². The molecule has 0 aromatic rings. The average molecular weight is 198 g/mol. The van der Waals surface area contributed by atoms with Crippen LogP contribution in [0.1, 0.15) is 39.5 Å². The van der Waals surface area contributed by atoms with E-state index in [9.17, 15) is 19.2 Å². The van der Waals surface area contributed by atoms with Crippen LogP contribution in [0.2, 0.25) is 0 Å². The molecule has 1 fully saturated rings. The normalized spacial score (nSPS) is 15.6. The molecule has 0 spiro atoms. The molecule has 0 bridgehead atoms. The first kappa shape index (κ1) is 12.7. The molecule has 0 aliphatic heterocycles. The molecule has 78 valence electrons. The molecule has 4 heteroatoms. The molecule has 0 unspecified atom stereocenters. The van der Waals surface area contributed by atoms with Gasteiger partial charge in [0.15, 0.2) is 23.1 Å². The van der Waals surface area contributed by atoms with E-state index in [1.54, 1.807) is 0 Å². The van der Waals surface area contributed by atoms with Crippen molar-refractivity contribution >= 4 is 23.1 Å². The molecule has 0 amide bonds. The monoisotopic (exact) mass is 198 g/mol. The van der Waals surface area contributed by atoms with Crippen molar-refractivity contribution in [2.45, 2.75) is 39.5 Å². The smallest absolute Gasteiger partial charge is 0.198 e. The van der Waals surface area contributed by atoms with Crippen LogP contribution >= 0.6 is 0 Å². The molecule has 0 heterocycles. The summed E-state index contributed by atoms with van der Waals surface area (Å²) in [5, 5.41) is 0. The van der Waals surface area contributed by atoms with Crippen LogP contribution in [0.4, 0.5) is 0 Å². The minimum absolute atomic E-state index is 0.170. The summed E-state index contributed by atoms with van der Waals surface area (Å²) in [7, 11) is 0. The summed E-state index contributed by atoms with van der Waals surface area (Å²) in [5.74, 6) is -1.10. The Morgan fingerprint density at radius 1 is 0.857 bits per heavy atom. The van der Waals surface area contributed by atoms with E-state index in [1.165, 1.54) is 13.8 Å². The summed E-state index contributed by atoms with van der Waals surface area (Å²) in [5.41, 5.74) is 0. The van der Waals surface area contributed by atoms with E-state index in [0.717, 1.165) is 12.8 Å². The Balaban J connectivity index is 0.000000255. The number of hydrogen-bond donors (Lipinski definition) is 0. The molecule has 4 nitrogen and oxygen atoms in total. The third-order valence-corrected chi connectivity index (χ3v) is 1.86. The van der Waals surface area contributed by atoms with Gasteiger partial charge in [-0.3, -0.25) is 19.2 Å². The van der Waals surface area contributed by atoms with Gasteiger partial charge in [-0.1, -0.05) is 0 Å². The van der Waals surface area contributed by atoms with Crippen LogP contribution in [0.25, 0.3) is 0 Å². The highest BCUT2D eigenvalue weighted by Gasteiger charge is 2.16. The van der Waals surface area contributed by atoms with Crippen molar-refractivity contribution in [1.29, 1.82) is 0 Å². The molecule has 0 radical (unpaired) electrons. The Bertz CT molecular complexity index is 237. The van der Waals surface area contributed by atoms with Gasteiger partial charge >= 0.3 is 0 Å². The molecule has 0 atom stereocenters. The lowest BCUT2D eigenvalue weighted by Crippen LogP contribution is -2.17. The minimum atomic E-state index is -0.380. The SMILES string of the molecule is CC(=O)C(C)=O.O=C1CCCCC1=O. The Morgan fingerprint density at radius 2 is 1.14 bits per heavy atom. The van der Waals surface area contributed by atoms with E-state index in [0.29, 0.717) is 12.8 Å². The molecule has 0 N–H and O–H groups in total. The van der Waals surface area contributed by atoms with Crippen molar-refractivity contribution in [1.82, 2.24) is 0 Å². The van der Waals surface area contributed by atoms with Crippen molar-refractivity contribution in [2.75, 3.05) is 0 Å². The zero-order chi connectivity index (χ0) is 11.1. The summed E-state index contributed by atoms with van der Waals surface area (Å²) in [6.07, 6.45) is 2.78. The number of hydrogen-bond acceptors (Lipinski definition) is 4. The lowest BCUT2D eigenvalue weighted by molar-refractivity contribution is -0.137. The van der Waals surface area contributed by atoms with E-state index < -0.39 is 0 Å². The summed E-state index contributed by atoms with van der Waals surface area (Å²) < 4.78 is 0. The Labute approximate surface area is 82.7 Å². The standard InChI is InChI=1S/C6H8O2.C4H6O2/c7-5-3-1-2-4-6(5)8;1-3(5)4(2)6/h1-4H2;1-2H3. The third kappa shape index (κ3) is 5.35. The highest BCUT2D eigenvalue weighted by molar-refractivity contribution is 6.37. The maximum absolute atomic E-state index is 10.4. The Morgan fingerprint density at radius 3 is 1.29 bits per heavy atom. The van der Waals surface area contributed by atoms with Crippen LogP contribution in [-0.2, 0) is 19.2 Å². The number of rotatable bonds is 1. The highest BCUT2D eigenvalue weighted by Crippen LogP contribution is 2.09. The summed E-state index contributed by atoms with van der Waals surface area (Å²) in [6, 6.07) is 0. The van der Waals surface area contributed by atoms with Crippen molar-refractivity contribution in [3.63, 3.8) is 0 Å². The van der Waals surface area contributed by atoms with Gasteiger partial charge in [0.1, 0.15) is 0 Å². The van der Waals surface area contributed by atoms with Gasteiger partial charge in [-0.05, 0) is 12.8 Å². The second-order valence-electron chi connectivity index (χ2n) is 3.17. The van der Waals surface area contributed by atoms with Crippen molar-refractivity contribution in [3.8, 4) is 0 Å². The van der Waals surface area contributed by atoms with Gasteiger partial charge in [0.25, 0.3) is 0 Å². The van der Waals surface area contributed by atoms with Gasteiger partial charge < -0.3 is 0 Å². The number of carbonyl (C=O) groups is 4. The van der Waals surface area contributed by atoms with E-state index >= 15 is 0 Å². The van der Waals surface area contributed by atoms with Crippen LogP contribution in [0, 0.1) is 0 Å². The van der Waals surface area contributed by atoms with Crippen LogP contribution in [-0.4, -0.2) is 23.1 Å². The minimum Gasteiger partial charge on any atom is -0.291 e. The van der Waals surface area contributed by atoms with E-state index in [2.05, 4.69) is 0 Å².